The topological polar surface area (TPSA) is 55.0 Å². The highest BCUT2D eigenvalue weighted by molar-refractivity contribution is 7.09. The first kappa shape index (κ1) is 11.8. The van der Waals surface area contributed by atoms with Crippen molar-refractivity contribution < 1.29 is 0 Å². The minimum atomic E-state index is 0.0192. The molecular weight excluding hydrogens is 220 g/mol. The molecule has 5 heteroatoms. The number of aryl methyl sites for hydroxylation is 1. The quantitative estimate of drug-likeness (QED) is 0.853. The Labute approximate surface area is 101 Å². The molecule has 0 radical (unpaired) electrons. The molecule has 0 saturated carbocycles. The van der Waals surface area contributed by atoms with Crippen LogP contribution in [0.5, 0.6) is 0 Å². The molecule has 16 heavy (non-hydrogen) atoms. The lowest BCUT2D eigenvalue weighted by Gasteiger charge is -2.47. The van der Waals surface area contributed by atoms with Gasteiger partial charge in [-0.2, -0.15) is 4.37 Å². The second-order valence-corrected chi connectivity index (χ2v) is 5.44. The van der Waals surface area contributed by atoms with Crippen LogP contribution in [0.3, 0.4) is 0 Å². The van der Waals surface area contributed by atoms with Gasteiger partial charge in [-0.15, -0.1) is 0 Å². The van der Waals surface area contributed by atoms with Gasteiger partial charge in [-0.3, -0.25) is 0 Å². The van der Waals surface area contributed by atoms with E-state index in [2.05, 4.69) is 28.1 Å². The molecule has 2 heterocycles. The van der Waals surface area contributed by atoms with Gasteiger partial charge in [0.2, 0.25) is 5.13 Å². The Hall–Kier alpha value is -0.680. The highest BCUT2D eigenvalue weighted by Crippen LogP contribution is 2.30. The summed E-state index contributed by atoms with van der Waals surface area (Å²) in [7, 11) is 0. The fourth-order valence-electron chi connectivity index (χ4n) is 2.20. The van der Waals surface area contributed by atoms with E-state index in [-0.39, 0.29) is 5.54 Å². The Morgan fingerprint density at radius 2 is 2.12 bits per heavy atom. The standard InChI is InChI=1S/C11H20N4S/c1-3-5-9-13-10(16-14-9)15-7-11(12,8-15)6-4-2/h3-8,12H2,1-2H3. The van der Waals surface area contributed by atoms with E-state index >= 15 is 0 Å². The lowest BCUT2D eigenvalue weighted by Crippen LogP contribution is -2.67. The van der Waals surface area contributed by atoms with E-state index in [4.69, 9.17) is 5.73 Å². The normalized spacial score (nSPS) is 18.6. The van der Waals surface area contributed by atoms with Gasteiger partial charge in [0.15, 0.2) is 0 Å². The predicted molar refractivity (Wildman–Crippen MR) is 67.9 cm³/mol. The van der Waals surface area contributed by atoms with Crippen molar-refractivity contribution in [3.8, 4) is 0 Å². The third-order valence-corrected chi connectivity index (χ3v) is 3.78. The molecule has 0 unspecified atom stereocenters. The number of rotatable bonds is 5. The number of hydrogen-bond acceptors (Lipinski definition) is 5. The molecular formula is C11H20N4S. The van der Waals surface area contributed by atoms with Gasteiger partial charge in [-0.05, 0) is 12.8 Å². The maximum Gasteiger partial charge on any atom is 0.205 e. The van der Waals surface area contributed by atoms with Crippen LogP contribution in [0.1, 0.15) is 38.9 Å². The Balaban J connectivity index is 1.90. The third kappa shape index (κ3) is 2.35. The second kappa shape index (κ2) is 4.67. The molecule has 0 aromatic carbocycles. The number of aromatic nitrogens is 2. The molecule has 1 aliphatic rings. The highest BCUT2D eigenvalue weighted by atomic mass is 32.1. The molecule has 1 saturated heterocycles. The van der Waals surface area contributed by atoms with Crippen molar-refractivity contribution in [2.75, 3.05) is 18.0 Å². The van der Waals surface area contributed by atoms with Gasteiger partial charge in [-0.25, -0.2) is 4.98 Å². The first-order chi connectivity index (χ1) is 7.67. The third-order valence-electron chi connectivity index (χ3n) is 2.96. The van der Waals surface area contributed by atoms with Gasteiger partial charge in [0.05, 0.1) is 5.54 Å². The van der Waals surface area contributed by atoms with Crippen molar-refractivity contribution in [2.24, 2.45) is 5.73 Å². The average Bonchev–Trinajstić information content (AvgIpc) is 2.63. The number of hydrogen-bond donors (Lipinski definition) is 1. The van der Waals surface area contributed by atoms with Gasteiger partial charge in [0, 0.05) is 31.0 Å². The Morgan fingerprint density at radius 3 is 2.75 bits per heavy atom. The van der Waals surface area contributed by atoms with Gasteiger partial charge in [0.25, 0.3) is 0 Å². The molecule has 0 spiro atoms. The van der Waals surface area contributed by atoms with Crippen molar-refractivity contribution >= 4 is 16.7 Å². The number of anilines is 1. The van der Waals surface area contributed by atoms with Gasteiger partial charge in [-0.1, -0.05) is 20.3 Å². The summed E-state index contributed by atoms with van der Waals surface area (Å²) in [6, 6.07) is 0. The second-order valence-electron chi connectivity index (χ2n) is 4.71. The summed E-state index contributed by atoms with van der Waals surface area (Å²) in [5.41, 5.74) is 6.24. The van der Waals surface area contributed by atoms with E-state index in [9.17, 15) is 0 Å². The average molecular weight is 240 g/mol. The zero-order chi connectivity index (χ0) is 11.6. The summed E-state index contributed by atoms with van der Waals surface area (Å²) in [6.07, 6.45) is 4.34. The first-order valence-electron chi connectivity index (χ1n) is 6.03. The van der Waals surface area contributed by atoms with Crippen LogP contribution in [0.4, 0.5) is 5.13 Å². The van der Waals surface area contributed by atoms with Gasteiger partial charge >= 0.3 is 0 Å². The minimum Gasteiger partial charge on any atom is -0.343 e. The maximum atomic E-state index is 6.22. The van der Waals surface area contributed by atoms with Crippen LogP contribution >= 0.6 is 11.5 Å². The maximum absolute atomic E-state index is 6.22. The summed E-state index contributed by atoms with van der Waals surface area (Å²) in [5, 5.41) is 1.04. The first-order valence-corrected chi connectivity index (χ1v) is 6.80. The van der Waals surface area contributed by atoms with Crippen LogP contribution in [-0.2, 0) is 6.42 Å². The number of nitrogens with zero attached hydrogens (tertiary/aromatic N) is 3. The van der Waals surface area contributed by atoms with Crippen molar-refractivity contribution in [3.63, 3.8) is 0 Å². The fourth-order valence-corrected chi connectivity index (χ4v) is 2.91. The SMILES string of the molecule is CCCc1nsc(N2CC(N)(CCC)C2)n1. The van der Waals surface area contributed by atoms with E-state index in [1.54, 1.807) is 0 Å². The van der Waals surface area contributed by atoms with E-state index < -0.39 is 0 Å². The molecule has 1 aromatic rings. The Kier molecular flexibility index (Phi) is 3.44. The fraction of sp³-hybridized carbons (Fsp3) is 0.818. The summed E-state index contributed by atoms with van der Waals surface area (Å²) < 4.78 is 4.35. The molecule has 0 atom stereocenters. The molecule has 1 aliphatic heterocycles. The summed E-state index contributed by atoms with van der Waals surface area (Å²) in [6.45, 7) is 6.20. The van der Waals surface area contributed by atoms with E-state index in [0.29, 0.717) is 0 Å². The van der Waals surface area contributed by atoms with Crippen molar-refractivity contribution in [1.29, 1.82) is 0 Å². The molecule has 0 amide bonds. The van der Waals surface area contributed by atoms with Crippen LogP contribution in [0, 0.1) is 0 Å². The minimum absolute atomic E-state index is 0.0192. The zero-order valence-electron chi connectivity index (χ0n) is 10.1. The van der Waals surface area contributed by atoms with Crippen LogP contribution < -0.4 is 10.6 Å². The van der Waals surface area contributed by atoms with Gasteiger partial charge < -0.3 is 10.6 Å². The molecule has 0 aliphatic carbocycles. The molecule has 90 valence electrons. The van der Waals surface area contributed by atoms with Gasteiger partial charge in [0.1, 0.15) is 5.82 Å². The summed E-state index contributed by atoms with van der Waals surface area (Å²) >= 11 is 1.50. The zero-order valence-corrected chi connectivity index (χ0v) is 10.9. The summed E-state index contributed by atoms with van der Waals surface area (Å²) in [5.74, 6) is 0.979. The van der Waals surface area contributed by atoms with Crippen LogP contribution in [-0.4, -0.2) is 28.0 Å². The van der Waals surface area contributed by atoms with E-state index in [0.717, 1.165) is 49.7 Å². The monoisotopic (exact) mass is 240 g/mol. The lowest BCUT2D eigenvalue weighted by atomic mass is 9.87. The molecule has 1 aromatic heterocycles. The van der Waals surface area contributed by atoms with Crippen molar-refractivity contribution in [3.05, 3.63) is 5.82 Å². The largest absolute Gasteiger partial charge is 0.343 e. The van der Waals surface area contributed by atoms with Crippen molar-refractivity contribution in [1.82, 2.24) is 9.36 Å². The Morgan fingerprint density at radius 1 is 1.38 bits per heavy atom. The molecule has 2 N–H and O–H groups in total. The summed E-state index contributed by atoms with van der Waals surface area (Å²) in [4.78, 5) is 6.77. The lowest BCUT2D eigenvalue weighted by molar-refractivity contribution is 0.307. The van der Waals surface area contributed by atoms with Crippen LogP contribution in [0.2, 0.25) is 0 Å². The number of nitrogens with two attached hydrogens (primary N) is 1. The Bertz CT molecular complexity index is 344. The van der Waals surface area contributed by atoms with Crippen molar-refractivity contribution in [2.45, 2.75) is 45.1 Å². The van der Waals surface area contributed by atoms with Crippen LogP contribution in [0.15, 0.2) is 0 Å². The molecule has 2 rings (SSSR count). The molecule has 4 nitrogen and oxygen atoms in total. The highest BCUT2D eigenvalue weighted by Gasteiger charge is 2.39. The van der Waals surface area contributed by atoms with E-state index in [1.165, 1.54) is 11.5 Å². The smallest absolute Gasteiger partial charge is 0.205 e. The predicted octanol–water partition coefficient (Wildman–Crippen LogP) is 1.81. The van der Waals surface area contributed by atoms with Crippen LogP contribution in [0.25, 0.3) is 0 Å². The molecule has 0 bridgehead atoms. The van der Waals surface area contributed by atoms with E-state index in [1.807, 2.05) is 0 Å². The molecule has 1 fully saturated rings.